The molecule has 25 heavy (non-hydrogen) atoms. The van der Waals surface area contributed by atoms with E-state index in [2.05, 4.69) is 17.5 Å². The molecule has 2 aromatic rings. The van der Waals surface area contributed by atoms with Crippen LogP contribution >= 0.6 is 0 Å². The minimum Gasteiger partial charge on any atom is -0.545 e. The first-order valence-electron chi connectivity index (χ1n) is 8.07. The number of non-ortho nitro benzene ring substituents is 1. The Balaban J connectivity index is 1.77. The standard InChI is InChI=1S/C19H16N2O4/c22-19(23)12-7-8-17-16(10-12)14-5-2-6-15(14)18(20-17)11-3-1-4-13(9-11)21(24)25/h1-5,7-10,14-15,18,20H,6H2,(H,22,23)/p-1. The maximum Gasteiger partial charge on any atom is 0.269 e. The van der Waals surface area contributed by atoms with Crippen LogP contribution < -0.4 is 10.4 Å². The summed E-state index contributed by atoms with van der Waals surface area (Å²) in [5, 5.41) is 25.7. The average molecular weight is 335 g/mol. The second-order valence-corrected chi connectivity index (χ2v) is 6.42. The number of carboxylic acids is 1. The van der Waals surface area contributed by atoms with Crippen LogP contribution in [0.15, 0.2) is 54.6 Å². The molecule has 0 radical (unpaired) electrons. The fourth-order valence-electron chi connectivity index (χ4n) is 3.88. The number of nitro groups is 1. The minimum atomic E-state index is -1.19. The molecule has 3 atom stereocenters. The molecule has 0 aromatic heterocycles. The number of hydrogen-bond acceptors (Lipinski definition) is 5. The quantitative estimate of drug-likeness (QED) is 0.529. The molecule has 0 amide bonds. The van der Waals surface area contributed by atoms with E-state index in [0.717, 1.165) is 23.2 Å². The number of allylic oxidation sites excluding steroid dienone is 2. The van der Waals surface area contributed by atoms with Gasteiger partial charge in [-0.1, -0.05) is 30.4 Å². The van der Waals surface area contributed by atoms with Gasteiger partial charge in [0.1, 0.15) is 0 Å². The maximum atomic E-state index is 11.2. The highest BCUT2D eigenvalue weighted by molar-refractivity contribution is 5.87. The SMILES string of the molecule is O=C([O-])c1ccc2c(c1)C1C=CCC1C(c1cccc([N+](=O)[O-])c1)N2. The highest BCUT2D eigenvalue weighted by atomic mass is 16.6. The average Bonchev–Trinajstić information content (AvgIpc) is 3.10. The molecule has 0 bridgehead atoms. The third-order valence-corrected chi connectivity index (χ3v) is 5.04. The number of carbonyl (C=O) groups is 1. The Morgan fingerprint density at radius 1 is 1.20 bits per heavy atom. The number of nitro benzene ring substituents is 1. The first kappa shape index (κ1) is 15.4. The van der Waals surface area contributed by atoms with Crippen molar-refractivity contribution in [2.24, 2.45) is 5.92 Å². The van der Waals surface area contributed by atoms with E-state index < -0.39 is 10.9 Å². The van der Waals surface area contributed by atoms with Crippen LogP contribution in [0.2, 0.25) is 0 Å². The monoisotopic (exact) mass is 335 g/mol. The first-order chi connectivity index (χ1) is 12.0. The molecule has 1 N–H and O–H groups in total. The van der Waals surface area contributed by atoms with E-state index in [0.29, 0.717) is 0 Å². The van der Waals surface area contributed by atoms with Crippen molar-refractivity contribution in [3.63, 3.8) is 0 Å². The predicted octanol–water partition coefficient (Wildman–Crippen LogP) is 2.78. The van der Waals surface area contributed by atoms with Gasteiger partial charge >= 0.3 is 0 Å². The number of fused-ring (bicyclic) bond motifs is 3. The summed E-state index contributed by atoms with van der Waals surface area (Å²) in [5.74, 6) is -0.923. The molecule has 3 unspecified atom stereocenters. The smallest absolute Gasteiger partial charge is 0.269 e. The van der Waals surface area contributed by atoms with Crippen LogP contribution in [0, 0.1) is 16.0 Å². The number of nitrogens with one attached hydrogen (secondary N) is 1. The van der Waals surface area contributed by atoms with E-state index in [1.807, 2.05) is 6.07 Å². The Morgan fingerprint density at radius 3 is 2.80 bits per heavy atom. The highest BCUT2D eigenvalue weighted by Crippen LogP contribution is 2.50. The molecular weight excluding hydrogens is 320 g/mol. The number of carbonyl (C=O) groups excluding carboxylic acids is 1. The number of carboxylic acid groups (broad SMARTS) is 1. The molecular formula is C19H15N2O4-. The summed E-state index contributed by atoms with van der Waals surface area (Å²) in [6, 6.07) is 11.5. The molecule has 1 aliphatic carbocycles. The van der Waals surface area contributed by atoms with Crippen molar-refractivity contribution in [3.05, 3.63) is 81.4 Å². The van der Waals surface area contributed by atoms with Gasteiger partial charge in [-0.15, -0.1) is 0 Å². The van der Waals surface area contributed by atoms with Gasteiger partial charge in [0, 0.05) is 23.7 Å². The van der Waals surface area contributed by atoms with Gasteiger partial charge < -0.3 is 15.2 Å². The van der Waals surface area contributed by atoms with E-state index in [-0.39, 0.29) is 29.1 Å². The number of nitrogens with zero attached hydrogens (tertiary/aromatic N) is 1. The van der Waals surface area contributed by atoms with E-state index in [9.17, 15) is 20.0 Å². The summed E-state index contributed by atoms with van der Waals surface area (Å²) in [6.07, 6.45) is 5.01. The molecule has 6 nitrogen and oxygen atoms in total. The highest BCUT2D eigenvalue weighted by Gasteiger charge is 2.38. The zero-order valence-corrected chi connectivity index (χ0v) is 13.2. The van der Waals surface area contributed by atoms with Crippen molar-refractivity contribution in [2.45, 2.75) is 18.4 Å². The van der Waals surface area contributed by atoms with Gasteiger partial charge in [0.15, 0.2) is 0 Å². The third kappa shape index (κ3) is 2.55. The summed E-state index contributed by atoms with van der Waals surface area (Å²) < 4.78 is 0. The Hall–Kier alpha value is -3.15. The Bertz CT molecular complexity index is 906. The van der Waals surface area contributed by atoms with Crippen LogP contribution in [-0.4, -0.2) is 10.9 Å². The fourth-order valence-corrected chi connectivity index (χ4v) is 3.88. The number of rotatable bonds is 3. The van der Waals surface area contributed by atoms with E-state index in [1.165, 1.54) is 12.1 Å². The molecule has 4 rings (SSSR count). The van der Waals surface area contributed by atoms with Gasteiger partial charge in [-0.3, -0.25) is 10.1 Å². The zero-order valence-electron chi connectivity index (χ0n) is 13.2. The lowest BCUT2D eigenvalue weighted by Gasteiger charge is -2.37. The topological polar surface area (TPSA) is 95.3 Å². The zero-order chi connectivity index (χ0) is 17.6. The first-order valence-corrected chi connectivity index (χ1v) is 8.07. The van der Waals surface area contributed by atoms with Gasteiger partial charge in [0.25, 0.3) is 5.69 Å². The molecule has 2 aromatic carbocycles. The van der Waals surface area contributed by atoms with Gasteiger partial charge in [-0.25, -0.2) is 0 Å². The number of hydrogen-bond donors (Lipinski definition) is 1. The fraction of sp³-hybridized carbons (Fsp3) is 0.211. The van der Waals surface area contributed by atoms with Crippen molar-refractivity contribution in [3.8, 4) is 0 Å². The summed E-state index contributed by atoms with van der Waals surface area (Å²) in [7, 11) is 0. The second kappa shape index (κ2) is 5.73. The molecule has 1 aliphatic heterocycles. The molecule has 126 valence electrons. The van der Waals surface area contributed by atoms with Crippen molar-refractivity contribution >= 4 is 17.3 Å². The summed E-state index contributed by atoms with van der Waals surface area (Å²) >= 11 is 0. The summed E-state index contributed by atoms with van der Waals surface area (Å²) in [5.41, 5.74) is 2.88. The molecule has 0 saturated heterocycles. The third-order valence-electron chi connectivity index (χ3n) is 5.04. The van der Waals surface area contributed by atoms with Gasteiger partial charge in [-0.2, -0.15) is 0 Å². The van der Waals surface area contributed by atoms with Crippen LogP contribution in [0.4, 0.5) is 11.4 Å². The van der Waals surface area contributed by atoms with Crippen LogP contribution in [0.3, 0.4) is 0 Å². The molecule has 0 fully saturated rings. The molecule has 2 aliphatic rings. The van der Waals surface area contributed by atoms with E-state index >= 15 is 0 Å². The molecule has 0 spiro atoms. The van der Waals surface area contributed by atoms with Crippen LogP contribution in [0.25, 0.3) is 0 Å². The Labute approximate surface area is 144 Å². The largest absolute Gasteiger partial charge is 0.545 e. The van der Waals surface area contributed by atoms with Gasteiger partial charge in [0.05, 0.1) is 16.9 Å². The van der Waals surface area contributed by atoms with E-state index in [4.69, 9.17) is 0 Å². The summed E-state index contributed by atoms with van der Waals surface area (Å²) in [6.45, 7) is 0. The second-order valence-electron chi connectivity index (χ2n) is 6.42. The number of anilines is 1. The lowest BCUT2D eigenvalue weighted by Crippen LogP contribution is -2.30. The van der Waals surface area contributed by atoms with Crippen LogP contribution in [0.1, 0.15) is 39.9 Å². The Morgan fingerprint density at radius 2 is 2.04 bits per heavy atom. The molecule has 1 heterocycles. The van der Waals surface area contributed by atoms with E-state index in [1.54, 1.807) is 24.3 Å². The molecule has 6 heteroatoms. The normalized spacial score (nSPS) is 23.4. The van der Waals surface area contributed by atoms with Gasteiger partial charge in [-0.05, 0) is 41.2 Å². The van der Waals surface area contributed by atoms with Crippen LogP contribution in [-0.2, 0) is 0 Å². The molecule has 0 saturated carbocycles. The Kier molecular flexibility index (Phi) is 3.53. The number of benzene rings is 2. The van der Waals surface area contributed by atoms with Gasteiger partial charge in [0.2, 0.25) is 0 Å². The lowest BCUT2D eigenvalue weighted by atomic mass is 9.76. The van der Waals surface area contributed by atoms with Crippen molar-refractivity contribution in [1.82, 2.24) is 0 Å². The maximum absolute atomic E-state index is 11.2. The minimum absolute atomic E-state index is 0.0683. The van der Waals surface area contributed by atoms with Crippen molar-refractivity contribution in [1.29, 1.82) is 0 Å². The van der Waals surface area contributed by atoms with Crippen molar-refractivity contribution in [2.75, 3.05) is 5.32 Å². The number of aromatic carboxylic acids is 1. The van der Waals surface area contributed by atoms with Crippen molar-refractivity contribution < 1.29 is 14.8 Å². The predicted molar refractivity (Wildman–Crippen MR) is 90.2 cm³/mol. The lowest BCUT2D eigenvalue weighted by molar-refractivity contribution is -0.384. The summed E-state index contributed by atoms with van der Waals surface area (Å²) in [4.78, 5) is 21.8. The van der Waals surface area contributed by atoms with Crippen LogP contribution in [0.5, 0.6) is 0 Å².